The topological polar surface area (TPSA) is 28.4 Å². The van der Waals surface area contributed by atoms with Crippen LogP contribution in [0.4, 0.5) is 10.1 Å². The Morgan fingerprint density at radius 3 is 2.57 bits per heavy atom. The first kappa shape index (κ1) is 15.6. The minimum Gasteiger partial charge on any atom is -0.467 e. The summed E-state index contributed by atoms with van der Waals surface area (Å²) in [4.78, 5) is 2.05. The molecule has 3 nitrogen and oxygen atoms in total. The largest absolute Gasteiger partial charge is 0.467 e. The van der Waals surface area contributed by atoms with Gasteiger partial charge in [-0.2, -0.15) is 0 Å². The van der Waals surface area contributed by atoms with E-state index in [1.165, 1.54) is 17.7 Å². The molecule has 0 aliphatic heterocycles. The molecular weight excluding hydrogens is 267 g/mol. The lowest BCUT2D eigenvalue weighted by Crippen LogP contribution is -2.21. The van der Waals surface area contributed by atoms with Gasteiger partial charge in [-0.15, -0.1) is 0 Å². The van der Waals surface area contributed by atoms with Gasteiger partial charge in [-0.3, -0.25) is 0 Å². The molecule has 21 heavy (non-hydrogen) atoms. The summed E-state index contributed by atoms with van der Waals surface area (Å²) in [6, 6.07) is 8.49. The molecule has 2 rings (SSSR count). The summed E-state index contributed by atoms with van der Waals surface area (Å²) in [5.74, 6) is 1.35. The standard InChI is InChI=1S/C17H23FN2O/c1-13(2)10-19-11-14-8-9-21-17(14)12-20(3)16-6-4-15(18)5-7-16/h4-9,13,19H,10-12H2,1-3H3. The number of furan rings is 1. The molecule has 114 valence electrons. The van der Waals surface area contributed by atoms with Gasteiger partial charge in [0.1, 0.15) is 11.6 Å². The highest BCUT2D eigenvalue weighted by Crippen LogP contribution is 2.18. The molecule has 0 fully saturated rings. The predicted molar refractivity (Wildman–Crippen MR) is 83.8 cm³/mol. The maximum atomic E-state index is 13.0. The monoisotopic (exact) mass is 290 g/mol. The molecular formula is C17H23FN2O. The molecule has 0 radical (unpaired) electrons. The summed E-state index contributed by atoms with van der Waals surface area (Å²) in [6.07, 6.45) is 1.72. The Balaban J connectivity index is 1.96. The van der Waals surface area contributed by atoms with Crippen molar-refractivity contribution in [2.75, 3.05) is 18.5 Å². The lowest BCUT2D eigenvalue weighted by molar-refractivity contribution is 0.494. The quantitative estimate of drug-likeness (QED) is 0.840. The SMILES string of the molecule is CC(C)CNCc1ccoc1CN(C)c1ccc(F)cc1. The van der Waals surface area contributed by atoms with Gasteiger partial charge in [0.15, 0.2) is 0 Å². The number of nitrogens with zero attached hydrogens (tertiary/aromatic N) is 1. The van der Waals surface area contributed by atoms with Gasteiger partial charge in [0, 0.05) is 24.8 Å². The fraction of sp³-hybridized carbons (Fsp3) is 0.412. The van der Waals surface area contributed by atoms with E-state index in [9.17, 15) is 4.39 Å². The molecule has 0 amide bonds. The minimum atomic E-state index is -0.219. The van der Waals surface area contributed by atoms with Gasteiger partial charge >= 0.3 is 0 Å². The Morgan fingerprint density at radius 1 is 1.19 bits per heavy atom. The number of rotatable bonds is 7. The van der Waals surface area contributed by atoms with Crippen LogP contribution in [0.5, 0.6) is 0 Å². The first-order valence-corrected chi connectivity index (χ1v) is 7.29. The minimum absolute atomic E-state index is 0.219. The first-order valence-electron chi connectivity index (χ1n) is 7.29. The summed E-state index contributed by atoms with van der Waals surface area (Å²) in [6.45, 7) is 6.83. The Labute approximate surface area is 125 Å². The van der Waals surface area contributed by atoms with Gasteiger partial charge in [0.25, 0.3) is 0 Å². The lowest BCUT2D eigenvalue weighted by Gasteiger charge is -2.19. The van der Waals surface area contributed by atoms with Crippen LogP contribution in [0, 0.1) is 11.7 Å². The molecule has 0 atom stereocenters. The highest BCUT2D eigenvalue weighted by atomic mass is 19.1. The second-order valence-corrected chi connectivity index (χ2v) is 5.73. The van der Waals surface area contributed by atoms with Gasteiger partial charge < -0.3 is 14.6 Å². The molecule has 1 heterocycles. The van der Waals surface area contributed by atoms with Gasteiger partial charge in [-0.25, -0.2) is 4.39 Å². The molecule has 0 spiro atoms. The Bertz CT molecular complexity index is 548. The summed E-state index contributed by atoms with van der Waals surface area (Å²) in [7, 11) is 1.97. The Kier molecular flexibility index (Phi) is 5.39. The van der Waals surface area contributed by atoms with E-state index >= 15 is 0 Å². The highest BCUT2D eigenvalue weighted by Gasteiger charge is 2.10. The van der Waals surface area contributed by atoms with Crippen molar-refractivity contribution >= 4 is 5.69 Å². The van der Waals surface area contributed by atoms with Crippen LogP contribution in [-0.4, -0.2) is 13.6 Å². The number of hydrogen-bond donors (Lipinski definition) is 1. The van der Waals surface area contributed by atoms with E-state index in [2.05, 4.69) is 19.2 Å². The number of anilines is 1. The van der Waals surface area contributed by atoms with E-state index in [0.717, 1.165) is 24.5 Å². The van der Waals surface area contributed by atoms with Gasteiger partial charge in [0.05, 0.1) is 12.8 Å². The number of nitrogens with one attached hydrogen (secondary N) is 1. The maximum absolute atomic E-state index is 13.0. The summed E-state index contributed by atoms with van der Waals surface area (Å²) in [5.41, 5.74) is 2.14. The van der Waals surface area contributed by atoms with Crippen molar-refractivity contribution in [2.45, 2.75) is 26.9 Å². The molecule has 0 saturated carbocycles. The van der Waals surface area contributed by atoms with E-state index in [4.69, 9.17) is 4.42 Å². The zero-order chi connectivity index (χ0) is 15.2. The smallest absolute Gasteiger partial charge is 0.127 e. The van der Waals surface area contributed by atoms with E-state index in [-0.39, 0.29) is 5.82 Å². The average molecular weight is 290 g/mol. The van der Waals surface area contributed by atoms with Crippen LogP contribution in [0.2, 0.25) is 0 Å². The second-order valence-electron chi connectivity index (χ2n) is 5.73. The van der Waals surface area contributed by atoms with Crippen LogP contribution >= 0.6 is 0 Å². The number of halogens is 1. The Hall–Kier alpha value is -1.81. The molecule has 0 bridgehead atoms. The normalized spacial score (nSPS) is 11.1. The molecule has 0 unspecified atom stereocenters. The number of hydrogen-bond acceptors (Lipinski definition) is 3. The third-order valence-electron chi connectivity index (χ3n) is 3.35. The zero-order valence-electron chi connectivity index (χ0n) is 12.9. The van der Waals surface area contributed by atoms with E-state index < -0.39 is 0 Å². The van der Waals surface area contributed by atoms with Crippen molar-refractivity contribution in [2.24, 2.45) is 5.92 Å². The Morgan fingerprint density at radius 2 is 1.90 bits per heavy atom. The summed E-state index contributed by atoms with van der Waals surface area (Å²) in [5, 5.41) is 3.42. The second kappa shape index (κ2) is 7.27. The average Bonchev–Trinajstić information content (AvgIpc) is 2.86. The van der Waals surface area contributed by atoms with Crippen LogP contribution in [0.15, 0.2) is 41.0 Å². The lowest BCUT2D eigenvalue weighted by atomic mass is 10.2. The molecule has 0 saturated heterocycles. The van der Waals surface area contributed by atoms with Crippen LogP contribution in [0.1, 0.15) is 25.2 Å². The first-order chi connectivity index (χ1) is 10.1. The van der Waals surface area contributed by atoms with Gasteiger partial charge in [-0.05, 0) is 42.8 Å². The van der Waals surface area contributed by atoms with Crippen molar-refractivity contribution in [1.29, 1.82) is 0 Å². The van der Waals surface area contributed by atoms with Crippen molar-refractivity contribution in [3.63, 3.8) is 0 Å². The van der Waals surface area contributed by atoms with Gasteiger partial charge in [0.2, 0.25) is 0 Å². The number of benzene rings is 1. The molecule has 4 heteroatoms. The molecule has 0 aliphatic rings. The molecule has 1 aromatic heterocycles. The molecule has 0 aliphatic carbocycles. The third kappa shape index (κ3) is 4.60. The molecule has 1 N–H and O–H groups in total. The highest BCUT2D eigenvalue weighted by molar-refractivity contribution is 5.45. The van der Waals surface area contributed by atoms with E-state index in [1.54, 1.807) is 18.4 Å². The van der Waals surface area contributed by atoms with Crippen LogP contribution in [0.3, 0.4) is 0 Å². The van der Waals surface area contributed by atoms with Crippen molar-refractivity contribution < 1.29 is 8.81 Å². The van der Waals surface area contributed by atoms with Crippen LogP contribution in [0.25, 0.3) is 0 Å². The fourth-order valence-electron chi connectivity index (χ4n) is 2.16. The fourth-order valence-corrected chi connectivity index (χ4v) is 2.16. The molecule has 1 aromatic carbocycles. The zero-order valence-corrected chi connectivity index (χ0v) is 12.9. The summed E-state index contributed by atoms with van der Waals surface area (Å²) < 4.78 is 18.5. The third-order valence-corrected chi connectivity index (χ3v) is 3.35. The predicted octanol–water partition coefficient (Wildman–Crippen LogP) is 3.80. The maximum Gasteiger partial charge on any atom is 0.127 e. The van der Waals surface area contributed by atoms with Crippen LogP contribution in [-0.2, 0) is 13.1 Å². The van der Waals surface area contributed by atoms with E-state index in [0.29, 0.717) is 12.5 Å². The van der Waals surface area contributed by atoms with Crippen molar-refractivity contribution in [3.05, 3.63) is 53.7 Å². The van der Waals surface area contributed by atoms with E-state index in [1.807, 2.05) is 18.0 Å². The summed E-state index contributed by atoms with van der Waals surface area (Å²) >= 11 is 0. The van der Waals surface area contributed by atoms with Crippen LogP contribution < -0.4 is 10.2 Å². The van der Waals surface area contributed by atoms with Crippen molar-refractivity contribution in [1.82, 2.24) is 5.32 Å². The van der Waals surface area contributed by atoms with Crippen molar-refractivity contribution in [3.8, 4) is 0 Å². The van der Waals surface area contributed by atoms with Gasteiger partial charge in [-0.1, -0.05) is 13.8 Å². The molecule has 2 aromatic rings.